The number of nitriles is 1. The number of halogens is 1. The van der Waals surface area contributed by atoms with Gasteiger partial charge in [-0.3, -0.25) is 4.79 Å². The zero-order valence-corrected chi connectivity index (χ0v) is 19.5. The third kappa shape index (κ3) is 3.01. The van der Waals surface area contributed by atoms with Gasteiger partial charge in [0.05, 0.1) is 34.0 Å². The quantitative estimate of drug-likeness (QED) is 0.540. The first kappa shape index (κ1) is 21.4. The van der Waals surface area contributed by atoms with Crippen molar-refractivity contribution in [3.8, 4) is 6.07 Å². The van der Waals surface area contributed by atoms with Crippen LogP contribution in [-0.4, -0.2) is 52.4 Å². The van der Waals surface area contributed by atoms with E-state index in [1.54, 1.807) is 22.8 Å². The van der Waals surface area contributed by atoms with Crippen LogP contribution in [0.5, 0.6) is 0 Å². The minimum absolute atomic E-state index is 0.219. The summed E-state index contributed by atoms with van der Waals surface area (Å²) >= 11 is 6.30. The number of rotatable bonds is 2. The van der Waals surface area contributed by atoms with Gasteiger partial charge in [-0.2, -0.15) is 5.26 Å². The second-order valence-corrected chi connectivity index (χ2v) is 9.44. The molecule has 3 fully saturated rings. The predicted molar refractivity (Wildman–Crippen MR) is 131 cm³/mol. The molecule has 0 aliphatic carbocycles. The van der Waals surface area contributed by atoms with E-state index in [0.717, 1.165) is 15.7 Å². The lowest BCUT2D eigenvalue weighted by atomic mass is 10.1. The minimum Gasteiger partial charge on any atom is -0.317 e. The second-order valence-electron chi connectivity index (χ2n) is 9.06. The Hall–Kier alpha value is -4.09. The molecule has 3 atom stereocenters. The Kier molecular flexibility index (Phi) is 4.73. The van der Waals surface area contributed by atoms with Crippen LogP contribution in [0, 0.1) is 18.3 Å². The summed E-state index contributed by atoms with van der Waals surface area (Å²) in [6.07, 6.45) is 0.562. The summed E-state index contributed by atoms with van der Waals surface area (Å²) < 4.78 is 0. The molecule has 2 bridgehead atoms. The number of hydrogen-bond acceptors (Lipinski definition) is 4. The molecule has 0 saturated carbocycles. The Morgan fingerprint density at radius 2 is 1.89 bits per heavy atom. The van der Waals surface area contributed by atoms with E-state index < -0.39 is 18.1 Å². The first-order valence-electron chi connectivity index (χ1n) is 11.3. The molecule has 3 saturated heterocycles. The van der Waals surface area contributed by atoms with Gasteiger partial charge < -0.3 is 15.1 Å². The summed E-state index contributed by atoms with van der Waals surface area (Å²) in [4.78, 5) is 44.5. The highest BCUT2D eigenvalue weighted by molar-refractivity contribution is 6.33. The van der Waals surface area contributed by atoms with Gasteiger partial charge in [0.2, 0.25) is 0 Å². The van der Waals surface area contributed by atoms with Crippen molar-refractivity contribution in [2.45, 2.75) is 31.5 Å². The van der Waals surface area contributed by atoms with Crippen LogP contribution < -0.4 is 10.2 Å². The zero-order chi connectivity index (χ0) is 24.4. The Morgan fingerprint density at radius 3 is 2.69 bits per heavy atom. The highest BCUT2D eigenvalue weighted by Gasteiger charge is 2.63. The van der Waals surface area contributed by atoms with Crippen LogP contribution in [0.2, 0.25) is 5.02 Å². The van der Waals surface area contributed by atoms with Crippen LogP contribution >= 0.6 is 11.6 Å². The normalized spacial score (nSPS) is 22.7. The van der Waals surface area contributed by atoms with Gasteiger partial charge in [0, 0.05) is 11.9 Å². The average Bonchev–Trinajstić information content (AvgIpc) is 3.53. The summed E-state index contributed by atoms with van der Waals surface area (Å²) in [5, 5.41) is 14.4. The topological polar surface area (TPSA) is 96.8 Å². The third-order valence-electron chi connectivity index (χ3n) is 7.28. The molecule has 3 aliphatic heterocycles. The molecular formula is C26H20ClN5O3. The molecule has 3 aromatic rings. The largest absolute Gasteiger partial charge is 0.332 e. The van der Waals surface area contributed by atoms with Gasteiger partial charge in [-0.1, -0.05) is 48.0 Å². The van der Waals surface area contributed by atoms with Gasteiger partial charge in [0.25, 0.3) is 5.91 Å². The van der Waals surface area contributed by atoms with Gasteiger partial charge in [-0.05, 0) is 42.5 Å². The number of hydrogen-bond donors (Lipinski definition) is 1. The number of likely N-dealkylation sites (tertiary alicyclic amines) is 1. The Morgan fingerprint density at radius 1 is 1.11 bits per heavy atom. The van der Waals surface area contributed by atoms with E-state index in [9.17, 15) is 19.6 Å². The maximum Gasteiger partial charge on any atom is 0.332 e. The Balaban J connectivity index is 1.28. The molecule has 0 aromatic heterocycles. The Bertz CT molecular complexity index is 1480. The minimum atomic E-state index is -0.742. The van der Waals surface area contributed by atoms with E-state index in [1.165, 1.54) is 6.07 Å². The van der Waals surface area contributed by atoms with Crippen LogP contribution in [0.15, 0.2) is 54.6 Å². The number of urea groups is 2. The van der Waals surface area contributed by atoms with E-state index in [0.29, 0.717) is 29.9 Å². The number of benzene rings is 3. The summed E-state index contributed by atoms with van der Waals surface area (Å²) in [6, 6.07) is 16.5. The number of carbonyl (C=O) groups is 3. The third-order valence-corrected chi connectivity index (χ3v) is 7.76. The number of amides is 5. The molecule has 1 N–H and O–H groups in total. The summed E-state index contributed by atoms with van der Waals surface area (Å²) in [7, 11) is 0. The molecule has 174 valence electrons. The molecule has 9 heteroatoms. The van der Waals surface area contributed by atoms with Crippen molar-refractivity contribution < 1.29 is 14.4 Å². The molecular weight excluding hydrogens is 466 g/mol. The maximum atomic E-state index is 13.5. The highest BCUT2D eigenvalue weighted by Crippen LogP contribution is 2.44. The second kappa shape index (κ2) is 7.72. The fourth-order valence-corrected chi connectivity index (χ4v) is 5.84. The SMILES string of the molecule is Cc1c(N2C(=O)[C@H]3C4CC(CN4C(=O)Nc4cccc5ccccc45)N3C2=O)ccc(C#N)c1Cl. The number of fused-ring (bicyclic) bond motifs is 6. The van der Waals surface area contributed by atoms with Gasteiger partial charge in [-0.25, -0.2) is 14.5 Å². The number of nitrogens with one attached hydrogen (secondary N) is 1. The number of piperazine rings is 1. The first-order chi connectivity index (χ1) is 16.9. The lowest BCUT2D eigenvalue weighted by Gasteiger charge is -2.34. The summed E-state index contributed by atoms with van der Waals surface area (Å²) in [5.41, 5.74) is 1.84. The van der Waals surface area contributed by atoms with Gasteiger partial charge in [-0.15, -0.1) is 0 Å². The molecule has 3 aromatic carbocycles. The first-order valence-corrected chi connectivity index (χ1v) is 11.7. The van der Waals surface area contributed by atoms with Crippen LogP contribution in [0.3, 0.4) is 0 Å². The number of anilines is 2. The monoisotopic (exact) mass is 485 g/mol. The molecule has 3 aliphatic rings. The smallest absolute Gasteiger partial charge is 0.317 e. The van der Waals surface area contributed by atoms with Crippen molar-refractivity contribution in [2.75, 3.05) is 16.8 Å². The standard InChI is InChI=1S/C26H20ClN5O3/c1-14-20(10-9-16(12-28)22(14)27)32-24(33)23-21-11-17(31(23)26(32)35)13-30(21)25(34)29-19-8-4-6-15-5-2-3-7-18(15)19/h2-10,17,21,23H,11,13H2,1H3,(H,29,34)/t17?,21?,23-/m1/s1. The number of carbonyl (C=O) groups excluding carboxylic acids is 3. The van der Waals surface area contributed by atoms with Crippen molar-refractivity contribution in [3.63, 3.8) is 0 Å². The summed E-state index contributed by atoms with van der Waals surface area (Å²) in [5.74, 6) is -0.381. The highest BCUT2D eigenvalue weighted by atomic mass is 35.5. The molecule has 2 unspecified atom stereocenters. The number of imide groups is 1. The average molecular weight is 486 g/mol. The van der Waals surface area contributed by atoms with Crippen molar-refractivity contribution in [1.29, 1.82) is 5.26 Å². The van der Waals surface area contributed by atoms with Gasteiger partial charge in [0.1, 0.15) is 12.1 Å². The molecule has 0 spiro atoms. The van der Waals surface area contributed by atoms with E-state index in [-0.39, 0.29) is 28.6 Å². The van der Waals surface area contributed by atoms with Crippen LogP contribution in [0.25, 0.3) is 10.8 Å². The summed E-state index contributed by atoms with van der Waals surface area (Å²) in [6.45, 7) is 2.04. The lowest BCUT2D eigenvalue weighted by molar-refractivity contribution is -0.120. The van der Waals surface area contributed by atoms with E-state index in [2.05, 4.69) is 5.32 Å². The van der Waals surface area contributed by atoms with Gasteiger partial charge >= 0.3 is 12.1 Å². The molecule has 0 radical (unpaired) electrons. The molecule has 8 nitrogen and oxygen atoms in total. The fraction of sp³-hybridized carbons (Fsp3) is 0.231. The molecule has 3 heterocycles. The van der Waals surface area contributed by atoms with Crippen molar-refractivity contribution in [1.82, 2.24) is 9.80 Å². The van der Waals surface area contributed by atoms with Crippen LogP contribution in [0.1, 0.15) is 17.5 Å². The van der Waals surface area contributed by atoms with E-state index in [1.807, 2.05) is 48.5 Å². The lowest BCUT2D eigenvalue weighted by Crippen LogP contribution is -2.55. The van der Waals surface area contributed by atoms with Crippen molar-refractivity contribution in [2.24, 2.45) is 0 Å². The van der Waals surface area contributed by atoms with Crippen LogP contribution in [-0.2, 0) is 4.79 Å². The molecule has 35 heavy (non-hydrogen) atoms. The van der Waals surface area contributed by atoms with E-state index in [4.69, 9.17) is 11.6 Å². The van der Waals surface area contributed by atoms with Gasteiger partial charge in [0.15, 0.2) is 0 Å². The Labute approximate surface area is 206 Å². The maximum absolute atomic E-state index is 13.5. The van der Waals surface area contributed by atoms with E-state index >= 15 is 0 Å². The predicted octanol–water partition coefficient (Wildman–Crippen LogP) is 4.50. The van der Waals surface area contributed by atoms with Crippen LogP contribution in [0.4, 0.5) is 21.0 Å². The zero-order valence-electron chi connectivity index (χ0n) is 18.7. The van der Waals surface area contributed by atoms with Crippen molar-refractivity contribution in [3.05, 3.63) is 70.7 Å². The number of nitrogens with zero attached hydrogens (tertiary/aromatic N) is 4. The molecule has 6 rings (SSSR count). The fourth-order valence-electron chi connectivity index (χ4n) is 5.64. The molecule has 5 amide bonds. The van der Waals surface area contributed by atoms with Crippen molar-refractivity contribution >= 4 is 51.7 Å².